The molecule has 0 saturated carbocycles. The molecule has 0 saturated heterocycles. The van der Waals surface area contributed by atoms with Crippen molar-refractivity contribution in [1.82, 2.24) is 4.74 Å². The number of carbonyl (C=O) groups excluding carboxylic acids is 1. The van der Waals surface area contributed by atoms with E-state index in [1.807, 2.05) is 0 Å². The highest BCUT2D eigenvalue weighted by Crippen LogP contribution is 1.83. The fourth-order valence-electron chi connectivity index (χ4n) is 0.563. The van der Waals surface area contributed by atoms with E-state index in [9.17, 15) is 4.79 Å². The summed E-state index contributed by atoms with van der Waals surface area (Å²) in [5.74, 6) is 0. The summed E-state index contributed by atoms with van der Waals surface area (Å²) < 4.78 is 5.72. The second-order valence-corrected chi connectivity index (χ2v) is 1.82. The normalized spacial score (nSPS) is 8.73. The third-order valence-electron chi connectivity index (χ3n) is 1.02. The molecular formula is C7H8N2O2. The first-order valence-electron chi connectivity index (χ1n) is 3.06. The van der Waals surface area contributed by atoms with Gasteiger partial charge in [-0.25, -0.2) is 4.79 Å². The zero-order chi connectivity index (χ0) is 8.10. The van der Waals surface area contributed by atoms with Gasteiger partial charge in [-0.1, -0.05) is 12.1 Å². The smallest absolute Gasteiger partial charge is 0.352 e. The summed E-state index contributed by atoms with van der Waals surface area (Å²) in [6, 6.07) is 6.18. The van der Waals surface area contributed by atoms with Gasteiger partial charge in [0.1, 0.15) is 6.26 Å². The Hall–Kier alpha value is -1.71. The first kappa shape index (κ1) is 7.40. The molecule has 0 spiro atoms. The van der Waals surface area contributed by atoms with Gasteiger partial charge in [-0.2, -0.15) is 0 Å². The van der Waals surface area contributed by atoms with Crippen molar-refractivity contribution in [3.8, 4) is 0 Å². The highest BCUT2D eigenvalue weighted by molar-refractivity contribution is 5.72. The van der Waals surface area contributed by atoms with Crippen molar-refractivity contribution >= 4 is 6.03 Å². The van der Waals surface area contributed by atoms with Crippen LogP contribution in [0.3, 0.4) is 0 Å². The van der Waals surface area contributed by atoms with Crippen LogP contribution in [-0.2, 0) is 0 Å². The molecule has 1 aromatic rings. The molecule has 0 aliphatic heterocycles. The first-order chi connectivity index (χ1) is 5.30. The van der Waals surface area contributed by atoms with Gasteiger partial charge in [-0.3, -0.25) is 0 Å². The van der Waals surface area contributed by atoms with Crippen molar-refractivity contribution in [3.05, 3.63) is 36.7 Å². The maximum Gasteiger partial charge on any atom is 0.352 e. The standard InChI is InChI=1S/C7H8N2O2/c8-7(10)9-5-3-1-2-4-6-11-9/h1-6H,(H2,8,10). The fraction of sp³-hybridized carbons (Fsp3) is 0. The molecule has 0 aromatic carbocycles. The summed E-state index contributed by atoms with van der Waals surface area (Å²) >= 11 is 0. The van der Waals surface area contributed by atoms with Crippen molar-refractivity contribution in [2.24, 2.45) is 5.73 Å². The number of aromatic nitrogens is 1. The average Bonchev–Trinajstić information content (AvgIpc) is 1.84. The minimum Gasteiger partial charge on any atom is -0.379 e. The van der Waals surface area contributed by atoms with E-state index in [0.717, 1.165) is 4.74 Å². The summed E-state index contributed by atoms with van der Waals surface area (Å²) in [6.45, 7) is 0. The Kier molecular flexibility index (Phi) is 2.32. The first-order valence-corrected chi connectivity index (χ1v) is 3.06. The van der Waals surface area contributed by atoms with E-state index >= 15 is 0 Å². The van der Waals surface area contributed by atoms with Crippen LogP contribution < -0.4 is 5.73 Å². The second kappa shape index (κ2) is 3.46. The molecule has 2 N–H and O–H groups in total. The zero-order valence-electron chi connectivity index (χ0n) is 5.81. The molecule has 1 rings (SSSR count). The van der Waals surface area contributed by atoms with E-state index in [4.69, 9.17) is 10.3 Å². The van der Waals surface area contributed by atoms with Crippen LogP contribution in [0.1, 0.15) is 0 Å². The Morgan fingerprint density at radius 2 is 2.00 bits per heavy atom. The predicted octanol–water partition coefficient (Wildman–Crippen LogP) is 1.13. The lowest BCUT2D eigenvalue weighted by molar-refractivity contribution is 0.216. The molecule has 58 valence electrons. The Morgan fingerprint density at radius 1 is 1.27 bits per heavy atom. The number of amides is 1. The van der Waals surface area contributed by atoms with Crippen LogP contribution >= 0.6 is 0 Å². The molecule has 1 heterocycles. The third-order valence-corrected chi connectivity index (χ3v) is 1.02. The van der Waals surface area contributed by atoms with Crippen LogP contribution in [0.5, 0.6) is 0 Å². The lowest BCUT2D eigenvalue weighted by atomic mass is 10.5. The van der Waals surface area contributed by atoms with Crippen LogP contribution in [0.4, 0.5) is 4.79 Å². The lowest BCUT2D eigenvalue weighted by Crippen LogP contribution is -2.18. The molecular weight excluding hydrogens is 144 g/mol. The van der Waals surface area contributed by atoms with Crippen LogP contribution in [0, 0.1) is 0 Å². The van der Waals surface area contributed by atoms with Gasteiger partial charge < -0.3 is 10.3 Å². The van der Waals surface area contributed by atoms with Crippen LogP contribution in [-0.4, -0.2) is 10.8 Å². The predicted molar refractivity (Wildman–Crippen MR) is 39.3 cm³/mol. The summed E-state index contributed by atoms with van der Waals surface area (Å²) in [6.07, 6.45) is 2.80. The van der Waals surface area contributed by atoms with Gasteiger partial charge in [0.05, 0.1) is 0 Å². The molecule has 11 heavy (non-hydrogen) atoms. The van der Waals surface area contributed by atoms with Crippen molar-refractivity contribution in [2.45, 2.75) is 0 Å². The highest BCUT2D eigenvalue weighted by Gasteiger charge is 1.90. The van der Waals surface area contributed by atoms with Gasteiger partial charge in [-0.05, 0) is 12.1 Å². The quantitative estimate of drug-likeness (QED) is 0.605. The molecule has 0 fully saturated rings. The van der Waals surface area contributed by atoms with Crippen molar-refractivity contribution in [3.63, 3.8) is 0 Å². The molecule has 4 heteroatoms. The van der Waals surface area contributed by atoms with E-state index < -0.39 is 6.03 Å². The molecule has 0 aliphatic rings. The van der Waals surface area contributed by atoms with Crippen molar-refractivity contribution < 1.29 is 9.32 Å². The van der Waals surface area contributed by atoms with Crippen molar-refractivity contribution in [2.75, 3.05) is 0 Å². The topological polar surface area (TPSA) is 61.2 Å². The van der Waals surface area contributed by atoms with E-state index in [1.54, 1.807) is 24.3 Å². The molecule has 1 aromatic heterocycles. The van der Waals surface area contributed by atoms with Gasteiger partial charge >= 0.3 is 6.03 Å². The largest absolute Gasteiger partial charge is 0.379 e. The molecule has 0 bridgehead atoms. The van der Waals surface area contributed by atoms with E-state index in [1.165, 1.54) is 12.5 Å². The summed E-state index contributed by atoms with van der Waals surface area (Å²) in [7, 11) is 0. The monoisotopic (exact) mass is 152 g/mol. The van der Waals surface area contributed by atoms with Gasteiger partial charge in [0, 0.05) is 6.20 Å². The number of rotatable bonds is 0. The van der Waals surface area contributed by atoms with E-state index in [2.05, 4.69) is 0 Å². The molecule has 0 aliphatic carbocycles. The molecule has 1 amide bonds. The molecule has 0 atom stereocenters. The fourth-order valence-corrected chi connectivity index (χ4v) is 0.563. The van der Waals surface area contributed by atoms with Crippen molar-refractivity contribution in [1.29, 1.82) is 0 Å². The van der Waals surface area contributed by atoms with E-state index in [0.29, 0.717) is 0 Å². The second-order valence-electron chi connectivity index (χ2n) is 1.82. The number of nitrogens with two attached hydrogens (primary N) is 1. The third kappa shape index (κ3) is 2.17. The van der Waals surface area contributed by atoms with Gasteiger partial charge in [0.25, 0.3) is 0 Å². The minimum absolute atomic E-state index is 0.652. The molecule has 0 unspecified atom stereocenters. The maximum atomic E-state index is 10.5. The number of carbonyl (C=O) groups is 1. The number of primary amides is 1. The Morgan fingerprint density at radius 3 is 2.73 bits per heavy atom. The summed E-state index contributed by atoms with van der Waals surface area (Å²) in [4.78, 5) is 10.5. The Balaban J connectivity index is 3.12. The zero-order valence-corrected chi connectivity index (χ0v) is 5.81. The average molecular weight is 152 g/mol. The van der Waals surface area contributed by atoms with Gasteiger partial charge in [-0.15, -0.1) is 4.74 Å². The van der Waals surface area contributed by atoms with Crippen LogP contribution in [0.25, 0.3) is 0 Å². The van der Waals surface area contributed by atoms with Gasteiger partial charge in [0.15, 0.2) is 0 Å². The van der Waals surface area contributed by atoms with Crippen LogP contribution in [0.2, 0.25) is 0 Å². The SMILES string of the molecule is NC(=O)n1cccccco1. The Bertz CT molecular complexity index is 267. The summed E-state index contributed by atoms with van der Waals surface area (Å²) in [5, 5.41) is 0. The van der Waals surface area contributed by atoms with Crippen LogP contribution in [0.15, 0.2) is 41.2 Å². The highest BCUT2D eigenvalue weighted by atomic mass is 16.5. The summed E-state index contributed by atoms with van der Waals surface area (Å²) in [5.41, 5.74) is 4.94. The number of hydrogen-bond acceptors (Lipinski definition) is 2. The number of hydrogen-bond donors (Lipinski definition) is 1. The maximum absolute atomic E-state index is 10.5. The Labute approximate surface area is 63.5 Å². The molecule has 0 radical (unpaired) electrons. The minimum atomic E-state index is -0.652. The van der Waals surface area contributed by atoms with E-state index in [-0.39, 0.29) is 0 Å². The number of nitrogens with zero attached hydrogens (tertiary/aromatic N) is 1. The van der Waals surface area contributed by atoms with Gasteiger partial charge in [0.2, 0.25) is 0 Å². The lowest BCUT2D eigenvalue weighted by Gasteiger charge is -1.93. The molecule has 4 nitrogen and oxygen atoms in total.